The fourth-order valence-corrected chi connectivity index (χ4v) is 4.33. The Morgan fingerprint density at radius 1 is 0.912 bits per heavy atom. The van der Waals surface area contributed by atoms with E-state index in [1.807, 2.05) is 18.2 Å². The summed E-state index contributed by atoms with van der Waals surface area (Å²) in [6.07, 6.45) is 3.84. The van der Waals surface area contributed by atoms with Crippen LogP contribution in [0.25, 0.3) is 22.5 Å². The second-order valence-electron chi connectivity index (χ2n) is 8.61. The SMILES string of the molecule is O=C(NCc1ccccc1F)c1ccc(-c2cc(-c3ccc(N4CCCCC4)cc3)n[nH]2)cc1. The number of carbonyl (C=O) groups excluding carboxylic acids is 1. The molecule has 5 nitrogen and oxygen atoms in total. The lowest BCUT2D eigenvalue weighted by molar-refractivity contribution is 0.0950. The van der Waals surface area contributed by atoms with E-state index in [-0.39, 0.29) is 18.3 Å². The second kappa shape index (κ2) is 9.91. The van der Waals surface area contributed by atoms with E-state index >= 15 is 0 Å². The first-order valence-corrected chi connectivity index (χ1v) is 11.7. The Morgan fingerprint density at radius 3 is 2.35 bits per heavy atom. The number of hydrogen-bond donors (Lipinski definition) is 2. The molecule has 1 aliphatic rings. The average Bonchev–Trinajstić information content (AvgIpc) is 3.39. The van der Waals surface area contributed by atoms with Crippen molar-refractivity contribution < 1.29 is 9.18 Å². The van der Waals surface area contributed by atoms with Gasteiger partial charge in [0.2, 0.25) is 0 Å². The molecule has 0 saturated carbocycles. The van der Waals surface area contributed by atoms with Crippen LogP contribution in [0.4, 0.5) is 10.1 Å². The quantitative estimate of drug-likeness (QED) is 0.387. The molecular formula is C28H27FN4O. The molecule has 0 radical (unpaired) electrons. The summed E-state index contributed by atoms with van der Waals surface area (Å²) in [6.45, 7) is 2.40. The minimum Gasteiger partial charge on any atom is -0.372 e. The zero-order valence-corrected chi connectivity index (χ0v) is 18.9. The molecule has 0 atom stereocenters. The number of benzene rings is 3. The molecule has 1 aliphatic heterocycles. The Hall–Kier alpha value is -3.93. The zero-order chi connectivity index (χ0) is 23.3. The van der Waals surface area contributed by atoms with E-state index in [1.165, 1.54) is 31.0 Å². The molecule has 0 unspecified atom stereocenters. The van der Waals surface area contributed by atoms with Crippen LogP contribution in [0.2, 0.25) is 0 Å². The molecule has 3 aromatic carbocycles. The number of H-pyrrole nitrogens is 1. The number of hydrogen-bond acceptors (Lipinski definition) is 3. The van der Waals surface area contributed by atoms with Crippen LogP contribution in [-0.4, -0.2) is 29.2 Å². The zero-order valence-electron chi connectivity index (χ0n) is 18.9. The number of halogens is 1. The highest BCUT2D eigenvalue weighted by Gasteiger charge is 2.12. The van der Waals surface area contributed by atoms with Gasteiger partial charge in [0.25, 0.3) is 5.91 Å². The lowest BCUT2D eigenvalue weighted by Gasteiger charge is -2.28. The van der Waals surface area contributed by atoms with Crippen molar-refractivity contribution in [2.75, 3.05) is 18.0 Å². The third kappa shape index (κ3) is 4.86. The van der Waals surface area contributed by atoms with E-state index in [2.05, 4.69) is 44.7 Å². The molecule has 6 heteroatoms. The van der Waals surface area contributed by atoms with E-state index in [0.717, 1.165) is 35.6 Å². The Labute approximate surface area is 198 Å². The lowest BCUT2D eigenvalue weighted by atomic mass is 10.1. The number of nitrogens with one attached hydrogen (secondary N) is 2. The van der Waals surface area contributed by atoms with Crippen LogP contribution in [0.3, 0.4) is 0 Å². The van der Waals surface area contributed by atoms with Gasteiger partial charge in [-0.15, -0.1) is 0 Å². The van der Waals surface area contributed by atoms with Crippen molar-refractivity contribution in [2.45, 2.75) is 25.8 Å². The molecule has 1 saturated heterocycles. The maximum absolute atomic E-state index is 13.7. The van der Waals surface area contributed by atoms with Crippen molar-refractivity contribution in [1.29, 1.82) is 0 Å². The Kier molecular flexibility index (Phi) is 6.38. The Balaban J connectivity index is 1.23. The van der Waals surface area contributed by atoms with Gasteiger partial charge in [-0.3, -0.25) is 9.89 Å². The standard InChI is InChI=1S/C28H27FN4O/c29-25-7-3-2-6-23(25)19-30-28(34)22-10-8-20(9-11-22)26-18-27(32-31-26)21-12-14-24(15-13-21)33-16-4-1-5-17-33/h2-3,6-15,18H,1,4-5,16-17,19H2,(H,30,34)(H,31,32). The maximum atomic E-state index is 13.7. The van der Waals surface area contributed by atoms with Gasteiger partial charge in [-0.2, -0.15) is 5.10 Å². The van der Waals surface area contributed by atoms with Crippen molar-refractivity contribution in [1.82, 2.24) is 15.5 Å². The van der Waals surface area contributed by atoms with Gasteiger partial charge in [-0.1, -0.05) is 42.5 Å². The number of amides is 1. The normalized spacial score (nSPS) is 13.6. The number of aromatic amines is 1. The third-order valence-corrected chi connectivity index (χ3v) is 6.32. The molecule has 2 heterocycles. The van der Waals surface area contributed by atoms with Crippen molar-refractivity contribution in [3.8, 4) is 22.5 Å². The number of piperidine rings is 1. The highest BCUT2D eigenvalue weighted by molar-refractivity contribution is 5.94. The van der Waals surface area contributed by atoms with E-state index in [1.54, 1.807) is 30.3 Å². The Morgan fingerprint density at radius 2 is 1.62 bits per heavy atom. The Bertz CT molecular complexity index is 1260. The van der Waals surface area contributed by atoms with E-state index in [9.17, 15) is 9.18 Å². The van der Waals surface area contributed by atoms with Crippen molar-refractivity contribution in [3.63, 3.8) is 0 Å². The summed E-state index contributed by atoms with van der Waals surface area (Å²) in [7, 11) is 0. The molecule has 0 aliphatic carbocycles. The van der Waals surface area contributed by atoms with Crippen LogP contribution in [0.1, 0.15) is 35.2 Å². The summed E-state index contributed by atoms with van der Waals surface area (Å²) in [5.41, 5.74) is 6.01. The first-order valence-electron chi connectivity index (χ1n) is 11.7. The predicted molar refractivity (Wildman–Crippen MR) is 133 cm³/mol. The first kappa shape index (κ1) is 21.9. The summed E-state index contributed by atoms with van der Waals surface area (Å²) >= 11 is 0. The van der Waals surface area contributed by atoms with Crippen LogP contribution in [0, 0.1) is 5.82 Å². The van der Waals surface area contributed by atoms with Crippen molar-refractivity contribution in [2.24, 2.45) is 0 Å². The maximum Gasteiger partial charge on any atom is 0.251 e. The summed E-state index contributed by atoms with van der Waals surface area (Å²) in [5, 5.41) is 10.3. The van der Waals surface area contributed by atoms with Gasteiger partial charge < -0.3 is 10.2 Å². The number of carbonyl (C=O) groups is 1. The highest BCUT2D eigenvalue weighted by Crippen LogP contribution is 2.27. The van der Waals surface area contributed by atoms with Crippen LogP contribution in [0.5, 0.6) is 0 Å². The molecular weight excluding hydrogens is 427 g/mol. The summed E-state index contributed by atoms with van der Waals surface area (Å²) < 4.78 is 13.7. The number of aromatic nitrogens is 2. The van der Waals surface area contributed by atoms with Crippen molar-refractivity contribution in [3.05, 3.63) is 95.8 Å². The number of nitrogens with zero attached hydrogens (tertiary/aromatic N) is 2. The summed E-state index contributed by atoms with van der Waals surface area (Å²) in [6, 6.07) is 24.3. The molecule has 172 valence electrons. The van der Waals surface area contributed by atoms with Crippen LogP contribution < -0.4 is 10.2 Å². The minimum absolute atomic E-state index is 0.147. The monoisotopic (exact) mass is 454 g/mol. The van der Waals surface area contributed by atoms with Crippen LogP contribution >= 0.6 is 0 Å². The van der Waals surface area contributed by atoms with Gasteiger partial charge in [0.1, 0.15) is 5.82 Å². The molecule has 5 rings (SSSR count). The molecule has 1 aromatic heterocycles. The van der Waals surface area contributed by atoms with E-state index in [0.29, 0.717) is 11.1 Å². The molecule has 4 aromatic rings. The van der Waals surface area contributed by atoms with Gasteiger partial charge in [-0.25, -0.2) is 4.39 Å². The summed E-state index contributed by atoms with van der Waals surface area (Å²) in [5.74, 6) is -0.566. The topological polar surface area (TPSA) is 61.0 Å². The third-order valence-electron chi connectivity index (χ3n) is 6.32. The molecule has 34 heavy (non-hydrogen) atoms. The van der Waals surface area contributed by atoms with Crippen molar-refractivity contribution >= 4 is 11.6 Å². The molecule has 2 N–H and O–H groups in total. The predicted octanol–water partition coefficient (Wildman–Crippen LogP) is 5.80. The largest absolute Gasteiger partial charge is 0.372 e. The van der Waals surface area contributed by atoms with Crippen LogP contribution in [-0.2, 0) is 6.54 Å². The van der Waals surface area contributed by atoms with E-state index < -0.39 is 0 Å². The minimum atomic E-state index is -0.325. The van der Waals surface area contributed by atoms with Gasteiger partial charge in [-0.05, 0) is 61.2 Å². The fourth-order valence-electron chi connectivity index (χ4n) is 4.33. The van der Waals surface area contributed by atoms with Gasteiger partial charge in [0.15, 0.2) is 0 Å². The van der Waals surface area contributed by atoms with Gasteiger partial charge in [0.05, 0.1) is 11.4 Å². The van der Waals surface area contributed by atoms with Crippen LogP contribution in [0.15, 0.2) is 78.9 Å². The smallest absolute Gasteiger partial charge is 0.251 e. The molecule has 1 amide bonds. The van der Waals surface area contributed by atoms with Gasteiger partial charge >= 0.3 is 0 Å². The highest BCUT2D eigenvalue weighted by atomic mass is 19.1. The first-order chi connectivity index (χ1) is 16.7. The average molecular weight is 455 g/mol. The fraction of sp³-hybridized carbons (Fsp3) is 0.214. The number of rotatable bonds is 6. The summed E-state index contributed by atoms with van der Waals surface area (Å²) in [4.78, 5) is 14.9. The molecule has 1 fully saturated rings. The van der Waals surface area contributed by atoms with Gasteiger partial charge in [0, 0.05) is 42.0 Å². The number of anilines is 1. The second-order valence-corrected chi connectivity index (χ2v) is 8.61. The molecule has 0 bridgehead atoms. The lowest BCUT2D eigenvalue weighted by Crippen LogP contribution is -2.29. The molecule has 0 spiro atoms. The van der Waals surface area contributed by atoms with E-state index in [4.69, 9.17) is 0 Å².